The van der Waals surface area contributed by atoms with Gasteiger partial charge in [-0.1, -0.05) is 0 Å². The van der Waals surface area contributed by atoms with Gasteiger partial charge in [0.25, 0.3) is 11.4 Å². The first-order valence-corrected chi connectivity index (χ1v) is 11.9. The Hall–Kier alpha value is -6.17. The molecule has 4 rings (SSSR count). The number of carbonyl (C=O) groups excluding carboxylic acids is 4. The zero-order chi connectivity index (χ0) is 31.9. The van der Waals surface area contributed by atoms with Gasteiger partial charge in [-0.3, -0.25) is 34.9 Å². The van der Waals surface area contributed by atoms with Crippen LogP contribution in [-0.2, 0) is 9.59 Å². The van der Waals surface area contributed by atoms with Crippen LogP contribution in [0.25, 0.3) is 0 Å². The van der Waals surface area contributed by atoms with Gasteiger partial charge in [0.1, 0.15) is 17.3 Å². The molecule has 18 nitrogen and oxygen atoms in total. The van der Waals surface area contributed by atoms with Crippen LogP contribution in [0.4, 0.5) is 32.6 Å². The standard InChI is InChI=1S/C12H10N4O5.C7H4ClNO4.C5H7N3O/c1-8(17)13-11-6-7-15(14-11)12(18)21-10-4-2-9(3-5-10)16(19)20;8-7(10)13-6-3-1-5(2-4-6)9(11)12;1-4(9)7-5-2-3-6-8-5/h2-7H,1H3,(H,13,14,17);1-4H;2-3H,1H3,(H2,6,7,8,9). The number of non-ortho nitro benzene ring substituents is 2. The number of rotatable bonds is 6. The van der Waals surface area contributed by atoms with Gasteiger partial charge in [-0.2, -0.15) is 9.78 Å². The van der Waals surface area contributed by atoms with Gasteiger partial charge in [0, 0.05) is 68.0 Å². The number of nitrogens with zero attached hydrogens (tertiary/aromatic N) is 5. The van der Waals surface area contributed by atoms with Crippen molar-refractivity contribution >= 4 is 57.9 Å². The van der Waals surface area contributed by atoms with Crippen LogP contribution in [0.3, 0.4) is 0 Å². The normalized spacial score (nSPS) is 9.56. The van der Waals surface area contributed by atoms with Crippen LogP contribution >= 0.6 is 11.6 Å². The second kappa shape index (κ2) is 16.2. The fourth-order valence-corrected chi connectivity index (χ4v) is 2.79. The molecule has 0 spiro atoms. The third-order valence-corrected chi connectivity index (χ3v) is 4.47. The number of nitrogens with one attached hydrogen (secondary N) is 3. The van der Waals surface area contributed by atoms with Crippen LogP contribution in [0, 0.1) is 20.2 Å². The van der Waals surface area contributed by atoms with Crippen LogP contribution in [0.2, 0.25) is 0 Å². The van der Waals surface area contributed by atoms with Crippen molar-refractivity contribution in [1.82, 2.24) is 20.0 Å². The number of nitro groups is 2. The summed E-state index contributed by atoms with van der Waals surface area (Å²) in [5.74, 6) is 0.738. The molecule has 0 aliphatic rings. The number of halogens is 1. The lowest BCUT2D eigenvalue weighted by molar-refractivity contribution is -0.385. The van der Waals surface area contributed by atoms with Crippen molar-refractivity contribution in [3.8, 4) is 11.5 Å². The van der Waals surface area contributed by atoms with E-state index in [1.165, 1.54) is 74.6 Å². The molecule has 0 aliphatic carbocycles. The Morgan fingerprint density at radius 1 is 0.814 bits per heavy atom. The van der Waals surface area contributed by atoms with Crippen LogP contribution in [-0.4, -0.2) is 53.2 Å². The Labute approximate surface area is 245 Å². The Morgan fingerprint density at radius 2 is 1.33 bits per heavy atom. The number of anilines is 2. The molecule has 2 aromatic heterocycles. The molecule has 2 heterocycles. The lowest BCUT2D eigenvalue weighted by Crippen LogP contribution is -2.18. The fraction of sp³-hybridized carbons (Fsp3) is 0.0833. The Balaban J connectivity index is 0.000000249. The molecule has 0 atom stereocenters. The first-order chi connectivity index (χ1) is 20.3. The molecule has 0 saturated heterocycles. The molecular weight excluding hydrogens is 596 g/mol. The summed E-state index contributed by atoms with van der Waals surface area (Å²) in [6, 6.07) is 13.2. The maximum Gasteiger partial charge on any atom is 0.440 e. The van der Waals surface area contributed by atoms with E-state index < -0.39 is 21.4 Å². The number of hydrogen-bond acceptors (Lipinski definition) is 12. The Morgan fingerprint density at radius 3 is 1.74 bits per heavy atom. The number of carbonyl (C=O) groups is 4. The predicted molar refractivity (Wildman–Crippen MR) is 149 cm³/mol. The van der Waals surface area contributed by atoms with E-state index >= 15 is 0 Å². The monoisotopic (exact) mass is 616 g/mol. The number of aromatic nitrogens is 4. The number of hydrogen-bond donors (Lipinski definition) is 3. The number of H-pyrrole nitrogens is 1. The Kier molecular flexibility index (Phi) is 12.4. The van der Waals surface area contributed by atoms with Crippen molar-refractivity contribution in [2.24, 2.45) is 0 Å². The minimum absolute atomic E-state index is 0.0747. The van der Waals surface area contributed by atoms with Crippen LogP contribution in [0.15, 0.2) is 73.1 Å². The highest BCUT2D eigenvalue weighted by Crippen LogP contribution is 2.19. The molecule has 0 saturated carbocycles. The number of ether oxygens (including phenoxy) is 2. The van der Waals surface area contributed by atoms with Crippen molar-refractivity contribution in [2.45, 2.75) is 13.8 Å². The number of amides is 2. The highest BCUT2D eigenvalue weighted by Gasteiger charge is 2.12. The van der Waals surface area contributed by atoms with E-state index in [9.17, 15) is 39.4 Å². The molecule has 3 N–H and O–H groups in total. The van der Waals surface area contributed by atoms with E-state index in [2.05, 4.69) is 30.7 Å². The minimum Gasteiger partial charge on any atom is -0.414 e. The summed E-state index contributed by atoms with van der Waals surface area (Å²) in [4.78, 5) is 62.8. The maximum absolute atomic E-state index is 11.8. The van der Waals surface area contributed by atoms with E-state index in [1.54, 1.807) is 12.3 Å². The summed E-state index contributed by atoms with van der Waals surface area (Å²) in [5, 5.41) is 35.7. The van der Waals surface area contributed by atoms with E-state index in [-0.39, 0.29) is 40.5 Å². The van der Waals surface area contributed by atoms with E-state index in [1.807, 2.05) is 0 Å². The predicted octanol–water partition coefficient (Wildman–Crippen LogP) is 4.50. The van der Waals surface area contributed by atoms with Crippen molar-refractivity contribution in [2.75, 3.05) is 10.6 Å². The second-order valence-corrected chi connectivity index (χ2v) is 8.00. The van der Waals surface area contributed by atoms with Gasteiger partial charge in [-0.05, 0) is 24.3 Å². The number of benzene rings is 2. The molecular formula is C24H21ClN8O10. The molecule has 0 radical (unpaired) electrons. The molecule has 0 fully saturated rings. The maximum atomic E-state index is 11.8. The summed E-state index contributed by atoms with van der Waals surface area (Å²) in [7, 11) is 0. The second-order valence-electron chi connectivity index (χ2n) is 7.69. The summed E-state index contributed by atoms with van der Waals surface area (Å²) >= 11 is 4.92. The summed E-state index contributed by atoms with van der Waals surface area (Å²) in [6.07, 6.45) is 2.09. The van der Waals surface area contributed by atoms with Crippen LogP contribution in [0.5, 0.6) is 11.5 Å². The van der Waals surface area contributed by atoms with Crippen molar-refractivity contribution in [1.29, 1.82) is 0 Å². The third kappa shape index (κ3) is 12.3. The molecule has 43 heavy (non-hydrogen) atoms. The van der Waals surface area contributed by atoms with Crippen molar-refractivity contribution in [3.05, 3.63) is 93.3 Å². The molecule has 0 bridgehead atoms. The summed E-state index contributed by atoms with van der Waals surface area (Å²) in [5.41, 5.74) is -1.16. The molecule has 224 valence electrons. The van der Waals surface area contributed by atoms with Crippen LogP contribution < -0.4 is 20.1 Å². The highest BCUT2D eigenvalue weighted by molar-refractivity contribution is 6.61. The van der Waals surface area contributed by atoms with E-state index in [0.29, 0.717) is 5.82 Å². The zero-order valence-electron chi connectivity index (χ0n) is 22.1. The average molecular weight is 617 g/mol. The SMILES string of the molecule is CC(=O)Nc1ccn(C(=O)Oc2ccc([N+](=O)[O-])cc2)n1.CC(=O)Nc1ccn[nH]1.O=C(Cl)Oc1ccc([N+](=O)[O-])cc1. The zero-order valence-corrected chi connectivity index (χ0v) is 22.9. The first kappa shape index (κ1) is 33.0. The van der Waals surface area contributed by atoms with Gasteiger partial charge in [0.05, 0.1) is 16.0 Å². The van der Waals surface area contributed by atoms with Crippen LogP contribution in [0.1, 0.15) is 13.8 Å². The highest BCUT2D eigenvalue weighted by atomic mass is 35.5. The Bertz CT molecular complexity index is 1570. The lowest BCUT2D eigenvalue weighted by atomic mass is 10.3. The largest absolute Gasteiger partial charge is 0.440 e. The van der Waals surface area contributed by atoms with Gasteiger partial charge >= 0.3 is 11.5 Å². The third-order valence-electron chi connectivity index (χ3n) is 4.39. The summed E-state index contributed by atoms with van der Waals surface area (Å²) < 4.78 is 10.3. The molecule has 0 aliphatic heterocycles. The van der Waals surface area contributed by atoms with Gasteiger partial charge < -0.3 is 20.1 Å². The first-order valence-electron chi connectivity index (χ1n) is 11.5. The number of nitro benzene ring substituents is 2. The molecule has 0 unspecified atom stereocenters. The molecule has 2 aromatic carbocycles. The minimum atomic E-state index is -0.978. The summed E-state index contributed by atoms with van der Waals surface area (Å²) in [6.45, 7) is 2.76. The van der Waals surface area contributed by atoms with Crippen molar-refractivity contribution < 1.29 is 38.5 Å². The molecule has 19 heteroatoms. The number of aromatic amines is 1. The van der Waals surface area contributed by atoms with Gasteiger partial charge in [-0.25, -0.2) is 9.59 Å². The van der Waals surface area contributed by atoms with E-state index in [4.69, 9.17) is 16.3 Å². The lowest BCUT2D eigenvalue weighted by Gasteiger charge is -2.03. The molecule has 2 amide bonds. The topological polar surface area (TPSA) is 244 Å². The van der Waals surface area contributed by atoms with E-state index in [0.717, 1.165) is 4.68 Å². The average Bonchev–Trinajstić information content (AvgIpc) is 3.61. The van der Waals surface area contributed by atoms with Gasteiger partial charge in [0.2, 0.25) is 11.8 Å². The molecule has 4 aromatic rings. The van der Waals surface area contributed by atoms with Gasteiger partial charge in [0.15, 0.2) is 5.82 Å². The van der Waals surface area contributed by atoms with Crippen molar-refractivity contribution in [3.63, 3.8) is 0 Å². The van der Waals surface area contributed by atoms with Gasteiger partial charge in [-0.15, -0.1) is 5.10 Å². The quantitative estimate of drug-likeness (QED) is 0.154. The fourth-order valence-electron chi connectivity index (χ4n) is 2.70. The smallest absolute Gasteiger partial charge is 0.414 e.